The van der Waals surface area contributed by atoms with Crippen LogP contribution in [0.3, 0.4) is 0 Å². The van der Waals surface area contributed by atoms with Crippen molar-refractivity contribution in [2.75, 3.05) is 0 Å². The largest absolute Gasteiger partial charge is 0.455 e. The van der Waals surface area contributed by atoms with Gasteiger partial charge < -0.3 is 9.30 Å². The maximum Gasteiger partial charge on any atom is 0.360 e. The molecule has 3 rings (SSSR count). The summed E-state index contributed by atoms with van der Waals surface area (Å²) in [5.74, 6) is -1.09. The lowest BCUT2D eigenvalue weighted by atomic mass is 9.86. The second-order valence-corrected chi connectivity index (χ2v) is 9.94. The molecule has 162 valence electrons. The van der Waals surface area contributed by atoms with Crippen molar-refractivity contribution in [3.05, 3.63) is 45.9 Å². The van der Waals surface area contributed by atoms with E-state index in [0.29, 0.717) is 23.7 Å². The molecule has 0 bridgehead atoms. The monoisotopic (exact) mass is 434 g/mol. The molecule has 0 aliphatic heterocycles. The first-order valence-corrected chi connectivity index (χ1v) is 10.3. The Labute approximate surface area is 180 Å². The molecule has 30 heavy (non-hydrogen) atoms. The van der Waals surface area contributed by atoms with E-state index < -0.39 is 17.5 Å². The van der Waals surface area contributed by atoms with Gasteiger partial charge in [0, 0.05) is 29.6 Å². The van der Waals surface area contributed by atoms with E-state index in [4.69, 9.17) is 16.3 Å². The van der Waals surface area contributed by atoms with E-state index in [0.717, 1.165) is 22.2 Å². The van der Waals surface area contributed by atoms with Crippen LogP contribution in [0.4, 0.5) is 4.39 Å². The Bertz CT molecular complexity index is 1100. The number of halogens is 2. The van der Waals surface area contributed by atoms with E-state index in [-0.39, 0.29) is 11.1 Å². The fourth-order valence-electron chi connectivity index (χ4n) is 3.37. The van der Waals surface area contributed by atoms with Gasteiger partial charge in [-0.25, -0.2) is 9.78 Å². The maximum atomic E-state index is 14.4. The van der Waals surface area contributed by atoms with Gasteiger partial charge in [0.15, 0.2) is 5.69 Å². The Morgan fingerprint density at radius 1 is 1.20 bits per heavy atom. The average molecular weight is 435 g/mol. The molecule has 8 heteroatoms. The molecule has 0 saturated heterocycles. The summed E-state index contributed by atoms with van der Waals surface area (Å²) in [7, 11) is 1.62. The second-order valence-electron chi connectivity index (χ2n) is 9.53. The SMILES string of the molecule is Cn1c(CCc2[nH]nc3cc(Cl)c(C(C)(C)C)cc23)nc(F)c1C(=O)OC(C)(C)C. The molecule has 0 amide bonds. The van der Waals surface area contributed by atoms with Crippen molar-refractivity contribution in [2.45, 2.75) is 65.4 Å². The van der Waals surface area contributed by atoms with Crippen molar-refractivity contribution in [2.24, 2.45) is 7.05 Å². The topological polar surface area (TPSA) is 72.8 Å². The zero-order valence-electron chi connectivity index (χ0n) is 18.5. The first kappa shape index (κ1) is 22.3. The molecule has 0 fully saturated rings. The highest BCUT2D eigenvalue weighted by molar-refractivity contribution is 6.32. The number of aromatic nitrogens is 4. The summed E-state index contributed by atoms with van der Waals surface area (Å²) in [5.41, 5.74) is 1.74. The van der Waals surface area contributed by atoms with Crippen molar-refractivity contribution >= 4 is 28.5 Å². The van der Waals surface area contributed by atoms with Gasteiger partial charge in [0.1, 0.15) is 11.4 Å². The van der Waals surface area contributed by atoms with Crippen LogP contribution in [-0.2, 0) is 30.0 Å². The van der Waals surface area contributed by atoms with E-state index in [9.17, 15) is 9.18 Å². The molecule has 0 radical (unpaired) electrons. The van der Waals surface area contributed by atoms with E-state index >= 15 is 0 Å². The number of esters is 1. The average Bonchev–Trinajstić information content (AvgIpc) is 3.09. The van der Waals surface area contributed by atoms with Crippen LogP contribution in [0.2, 0.25) is 5.02 Å². The Kier molecular flexibility index (Phi) is 5.71. The molecule has 1 N–H and O–H groups in total. The van der Waals surface area contributed by atoms with Gasteiger partial charge in [0.05, 0.1) is 5.52 Å². The number of rotatable bonds is 4. The van der Waals surface area contributed by atoms with Gasteiger partial charge in [0.25, 0.3) is 0 Å². The van der Waals surface area contributed by atoms with Gasteiger partial charge in [0.2, 0.25) is 5.95 Å². The normalized spacial score (nSPS) is 12.6. The molecule has 0 atom stereocenters. The van der Waals surface area contributed by atoms with Crippen LogP contribution in [-0.4, -0.2) is 31.3 Å². The minimum Gasteiger partial charge on any atom is -0.455 e. The first-order chi connectivity index (χ1) is 13.8. The number of hydrogen-bond acceptors (Lipinski definition) is 4. The third kappa shape index (κ3) is 4.51. The number of nitrogens with one attached hydrogen (secondary N) is 1. The maximum absolute atomic E-state index is 14.4. The molecule has 0 saturated carbocycles. The highest BCUT2D eigenvalue weighted by Gasteiger charge is 2.27. The van der Waals surface area contributed by atoms with Crippen LogP contribution in [0, 0.1) is 5.95 Å². The molecule has 0 aliphatic rings. The van der Waals surface area contributed by atoms with Gasteiger partial charge in [-0.2, -0.15) is 9.49 Å². The highest BCUT2D eigenvalue weighted by Crippen LogP contribution is 2.33. The second kappa shape index (κ2) is 7.69. The minimum absolute atomic E-state index is 0.106. The van der Waals surface area contributed by atoms with Crippen molar-refractivity contribution in [3.8, 4) is 0 Å². The van der Waals surface area contributed by atoms with Crippen LogP contribution in [0.25, 0.3) is 10.9 Å². The van der Waals surface area contributed by atoms with E-state index in [1.807, 2.05) is 6.07 Å². The van der Waals surface area contributed by atoms with Crippen LogP contribution in [0.15, 0.2) is 12.1 Å². The van der Waals surface area contributed by atoms with Crippen LogP contribution < -0.4 is 0 Å². The number of aryl methyl sites for hydroxylation is 2. The fourth-order valence-corrected chi connectivity index (χ4v) is 3.81. The summed E-state index contributed by atoms with van der Waals surface area (Å²) in [4.78, 5) is 16.3. The number of aromatic amines is 1. The third-order valence-electron chi connectivity index (χ3n) is 4.87. The summed E-state index contributed by atoms with van der Waals surface area (Å²) in [5, 5.41) is 9.06. The number of nitrogens with zero attached hydrogens (tertiary/aromatic N) is 3. The molecular formula is C22H28ClFN4O2. The summed E-state index contributed by atoms with van der Waals surface area (Å²) in [6.07, 6.45) is 0.987. The number of carbonyl (C=O) groups excluding carboxylic acids is 1. The number of benzene rings is 1. The fraction of sp³-hybridized carbons (Fsp3) is 0.500. The van der Waals surface area contributed by atoms with Crippen molar-refractivity contribution in [3.63, 3.8) is 0 Å². The van der Waals surface area contributed by atoms with Gasteiger partial charge in [-0.15, -0.1) is 0 Å². The van der Waals surface area contributed by atoms with Crippen molar-refractivity contribution < 1.29 is 13.9 Å². The predicted molar refractivity (Wildman–Crippen MR) is 116 cm³/mol. The first-order valence-electron chi connectivity index (χ1n) is 9.89. The zero-order valence-corrected chi connectivity index (χ0v) is 19.2. The van der Waals surface area contributed by atoms with E-state index in [2.05, 4.69) is 42.0 Å². The molecule has 2 aromatic heterocycles. The molecule has 2 heterocycles. The van der Waals surface area contributed by atoms with Gasteiger partial charge in [-0.05, 0) is 50.3 Å². The third-order valence-corrected chi connectivity index (χ3v) is 5.18. The highest BCUT2D eigenvalue weighted by atomic mass is 35.5. The van der Waals surface area contributed by atoms with Gasteiger partial charge in [-0.3, -0.25) is 5.10 Å². The van der Waals surface area contributed by atoms with E-state index in [1.54, 1.807) is 27.8 Å². The molecular weight excluding hydrogens is 407 g/mol. The molecule has 6 nitrogen and oxygen atoms in total. The lowest BCUT2D eigenvalue weighted by molar-refractivity contribution is 0.00532. The van der Waals surface area contributed by atoms with Crippen LogP contribution in [0.5, 0.6) is 0 Å². The number of imidazole rings is 1. The standard InChI is InChI=1S/C22H28ClFN4O2/c1-21(2,3)13-10-12-15(26-27-16(12)11-14(13)23)8-9-17-25-19(24)18(28(17)7)20(29)30-22(4,5)6/h10-11H,8-9H2,1-7H3,(H,26,27). The Hall–Kier alpha value is -2.41. The Balaban J connectivity index is 1.87. The predicted octanol–water partition coefficient (Wildman–Crippen LogP) is 5.13. The van der Waals surface area contributed by atoms with Gasteiger partial charge >= 0.3 is 5.97 Å². The lowest BCUT2D eigenvalue weighted by Gasteiger charge is -2.20. The molecule has 3 aromatic rings. The number of fused-ring (bicyclic) bond motifs is 1. The molecule has 0 unspecified atom stereocenters. The Morgan fingerprint density at radius 3 is 2.47 bits per heavy atom. The summed E-state index contributed by atoms with van der Waals surface area (Å²) >= 11 is 6.43. The molecule has 0 aliphatic carbocycles. The molecule has 1 aromatic carbocycles. The summed E-state index contributed by atoms with van der Waals surface area (Å²) in [6, 6.07) is 3.92. The van der Waals surface area contributed by atoms with Gasteiger partial charge in [-0.1, -0.05) is 32.4 Å². The van der Waals surface area contributed by atoms with Crippen molar-refractivity contribution in [1.29, 1.82) is 0 Å². The summed E-state index contributed by atoms with van der Waals surface area (Å²) in [6.45, 7) is 11.5. The number of carbonyl (C=O) groups is 1. The molecule has 0 spiro atoms. The van der Waals surface area contributed by atoms with E-state index in [1.165, 1.54) is 4.57 Å². The lowest BCUT2D eigenvalue weighted by Crippen LogP contribution is -2.26. The quantitative estimate of drug-likeness (QED) is 0.578. The number of ether oxygens (including phenoxy) is 1. The number of H-pyrrole nitrogens is 1. The Morgan fingerprint density at radius 2 is 1.87 bits per heavy atom. The summed E-state index contributed by atoms with van der Waals surface area (Å²) < 4.78 is 21.1. The minimum atomic E-state index is -0.821. The smallest absolute Gasteiger partial charge is 0.360 e. The number of hydrogen-bond donors (Lipinski definition) is 1. The zero-order chi connectivity index (χ0) is 22.4. The van der Waals surface area contributed by atoms with Crippen LogP contribution >= 0.6 is 11.6 Å². The van der Waals surface area contributed by atoms with Crippen molar-refractivity contribution in [1.82, 2.24) is 19.7 Å². The van der Waals surface area contributed by atoms with Crippen LogP contribution in [0.1, 0.15) is 69.1 Å².